The minimum absolute atomic E-state index is 0.210. The van der Waals surface area contributed by atoms with E-state index >= 15 is 0 Å². The molecular weight excluding hydrogens is 348 g/mol. The molecule has 0 unspecified atom stereocenters. The molecule has 0 fully saturated rings. The van der Waals surface area contributed by atoms with Gasteiger partial charge in [0, 0.05) is 6.42 Å². The summed E-state index contributed by atoms with van der Waals surface area (Å²) in [6.45, 7) is 9.89. The third kappa shape index (κ3) is 4.99. The lowest BCUT2D eigenvalue weighted by Gasteiger charge is -2.42. The molecule has 0 aromatic carbocycles. The van der Waals surface area contributed by atoms with Gasteiger partial charge < -0.3 is 14.2 Å². The molecule has 152 valence electrons. The van der Waals surface area contributed by atoms with Gasteiger partial charge in [-0.3, -0.25) is 14.4 Å². The number of rotatable bonds is 8. The monoisotopic (exact) mass is 380 g/mol. The third-order valence-corrected chi connectivity index (χ3v) is 5.00. The Morgan fingerprint density at radius 1 is 0.889 bits per heavy atom. The second-order valence-corrected chi connectivity index (χ2v) is 7.70. The Hall–Kier alpha value is -2.11. The molecule has 0 atom stereocenters. The van der Waals surface area contributed by atoms with Gasteiger partial charge in [0.05, 0.1) is 20.3 Å². The molecule has 0 saturated carbocycles. The Bertz CT molecular complexity index is 595. The van der Waals surface area contributed by atoms with E-state index in [0.29, 0.717) is 12.8 Å². The van der Waals surface area contributed by atoms with Crippen LogP contribution in [0.5, 0.6) is 0 Å². The minimum Gasteiger partial charge on any atom is -0.469 e. The molecule has 0 aromatic heterocycles. The van der Waals surface area contributed by atoms with Crippen molar-refractivity contribution in [2.75, 3.05) is 20.3 Å². The summed E-state index contributed by atoms with van der Waals surface area (Å²) < 4.78 is 15.2. The highest BCUT2D eigenvalue weighted by Crippen LogP contribution is 2.48. The van der Waals surface area contributed by atoms with Crippen molar-refractivity contribution in [3.8, 4) is 0 Å². The number of methoxy groups -OCH3 is 1. The maximum Gasteiger partial charge on any atom is 0.320 e. The van der Waals surface area contributed by atoms with E-state index in [-0.39, 0.29) is 31.6 Å². The topological polar surface area (TPSA) is 78.9 Å². The highest BCUT2D eigenvalue weighted by molar-refractivity contribution is 5.87. The first-order valence-corrected chi connectivity index (χ1v) is 9.40. The van der Waals surface area contributed by atoms with Crippen LogP contribution in [0.4, 0.5) is 0 Å². The van der Waals surface area contributed by atoms with E-state index in [9.17, 15) is 14.4 Å². The smallest absolute Gasteiger partial charge is 0.320 e. The summed E-state index contributed by atoms with van der Waals surface area (Å²) in [5.41, 5.74) is -2.42. The van der Waals surface area contributed by atoms with E-state index in [0.717, 1.165) is 0 Å². The van der Waals surface area contributed by atoms with Gasteiger partial charge in [0.25, 0.3) is 0 Å². The maximum absolute atomic E-state index is 12.7. The molecule has 0 heterocycles. The molecule has 6 nitrogen and oxygen atoms in total. The maximum atomic E-state index is 12.7. The van der Waals surface area contributed by atoms with Crippen molar-refractivity contribution in [3.05, 3.63) is 24.3 Å². The number of carbonyl (C=O) groups excluding carboxylic acids is 3. The van der Waals surface area contributed by atoms with Crippen LogP contribution in [0, 0.1) is 16.2 Å². The lowest BCUT2D eigenvalue weighted by atomic mass is 9.61. The van der Waals surface area contributed by atoms with Crippen LogP contribution >= 0.6 is 0 Å². The van der Waals surface area contributed by atoms with Crippen molar-refractivity contribution >= 4 is 17.9 Å². The van der Waals surface area contributed by atoms with Crippen molar-refractivity contribution < 1.29 is 28.6 Å². The Morgan fingerprint density at radius 2 is 1.41 bits per heavy atom. The number of hydrogen-bond acceptors (Lipinski definition) is 6. The first kappa shape index (κ1) is 22.9. The van der Waals surface area contributed by atoms with Crippen molar-refractivity contribution in [1.82, 2.24) is 0 Å². The second-order valence-electron chi connectivity index (χ2n) is 7.70. The van der Waals surface area contributed by atoms with E-state index in [1.54, 1.807) is 38.2 Å². The van der Waals surface area contributed by atoms with Gasteiger partial charge in [-0.2, -0.15) is 0 Å². The van der Waals surface area contributed by atoms with Crippen molar-refractivity contribution in [2.45, 2.75) is 53.9 Å². The SMILES string of the molecule is CCOC(=O)C1(CCCC(=O)OC)C=CC(C(=O)OCC)(C(C)(C)C)C=C1. The van der Waals surface area contributed by atoms with Crippen LogP contribution in [0.25, 0.3) is 0 Å². The third-order valence-electron chi connectivity index (χ3n) is 5.00. The fourth-order valence-corrected chi connectivity index (χ4v) is 3.16. The predicted octanol–water partition coefficient (Wildman–Crippen LogP) is 3.60. The average Bonchev–Trinajstić information content (AvgIpc) is 2.61. The predicted molar refractivity (Wildman–Crippen MR) is 102 cm³/mol. The van der Waals surface area contributed by atoms with E-state index in [4.69, 9.17) is 9.47 Å². The number of carbonyl (C=O) groups is 3. The van der Waals surface area contributed by atoms with Crippen LogP contribution in [0.3, 0.4) is 0 Å². The summed E-state index contributed by atoms with van der Waals surface area (Å²) in [6.07, 6.45) is 8.01. The van der Waals surface area contributed by atoms with Crippen LogP contribution in [0.15, 0.2) is 24.3 Å². The molecule has 0 saturated heterocycles. The molecular formula is C21H32O6. The number of ether oxygens (including phenoxy) is 3. The van der Waals surface area contributed by atoms with Gasteiger partial charge in [0.1, 0.15) is 10.8 Å². The molecule has 0 aliphatic heterocycles. The summed E-state index contributed by atoms with van der Waals surface area (Å²) in [5, 5.41) is 0. The normalized spacial score (nSPS) is 24.4. The Kier molecular flexibility index (Phi) is 7.81. The lowest BCUT2D eigenvalue weighted by Crippen LogP contribution is -2.44. The zero-order valence-electron chi connectivity index (χ0n) is 17.3. The summed E-state index contributed by atoms with van der Waals surface area (Å²) in [7, 11) is 1.33. The van der Waals surface area contributed by atoms with E-state index in [1.807, 2.05) is 20.8 Å². The quantitative estimate of drug-likeness (QED) is 0.364. The Morgan fingerprint density at radius 3 is 1.85 bits per heavy atom. The molecule has 1 rings (SSSR count). The second kappa shape index (κ2) is 9.20. The first-order chi connectivity index (χ1) is 12.6. The molecule has 1 aliphatic carbocycles. The van der Waals surface area contributed by atoms with Gasteiger partial charge in [-0.25, -0.2) is 0 Å². The summed E-state index contributed by atoms with van der Waals surface area (Å²) in [5.74, 6) is -1.07. The summed E-state index contributed by atoms with van der Waals surface area (Å²) in [4.78, 5) is 36.8. The molecule has 0 spiro atoms. The van der Waals surface area contributed by atoms with Crippen LogP contribution in [-0.2, 0) is 28.6 Å². The summed E-state index contributed by atoms with van der Waals surface area (Å²) >= 11 is 0. The van der Waals surface area contributed by atoms with E-state index in [1.165, 1.54) is 7.11 Å². The van der Waals surface area contributed by atoms with Crippen LogP contribution in [0.2, 0.25) is 0 Å². The van der Waals surface area contributed by atoms with Crippen molar-refractivity contribution in [3.63, 3.8) is 0 Å². The van der Waals surface area contributed by atoms with Crippen LogP contribution < -0.4 is 0 Å². The van der Waals surface area contributed by atoms with Crippen molar-refractivity contribution in [1.29, 1.82) is 0 Å². The zero-order valence-corrected chi connectivity index (χ0v) is 17.3. The largest absolute Gasteiger partial charge is 0.469 e. The van der Waals surface area contributed by atoms with E-state index < -0.39 is 22.2 Å². The Labute approximate surface area is 161 Å². The molecule has 6 heteroatoms. The van der Waals surface area contributed by atoms with Crippen molar-refractivity contribution in [2.24, 2.45) is 16.2 Å². The van der Waals surface area contributed by atoms with E-state index in [2.05, 4.69) is 4.74 Å². The van der Waals surface area contributed by atoms with Gasteiger partial charge in [0.2, 0.25) is 0 Å². The highest BCUT2D eigenvalue weighted by Gasteiger charge is 2.50. The van der Waals surface area contributed by atoms with Gasteiger partial charge >= 0.3 is 17.9 Å². The zero-order chi connectivity index (χ0) is 20.7. The highest BCUT2D eigenvalue weighted by atomic mass is 16.5. The van der Waals surface area contributed by atoms with Gasteiger partial charge in [-0.1, -0.05) is 45.1 Å². The molecule has 0 radical (unpaired) electrons. The lowest BCUT2D eigenvalue weighted by molar-refractivity contribution is -0.156. The number of esters is 3. The first-order valence-electron chi connectivity index (χ1n) is 9.40. The average molecular weight is 380 g/mol. The summed E-state index contributed by atoms with van der Waals surface area (Å²) in [6, 6.07) is 0. The molecule has 0 N–H and O–H groups in total. The molecule has 0 bridgehead atoms. The fraction of sp³-hybridized carbons (Fsp3) is 0.667. The van der Waals surface area contributed by atoms with Gasteiger partial charge in [-0.05, 0) is 32.1 Å². The molecule has 27 heavy (non-hydrogen) atoms. The Balaban J connectivity index is 3.21. The van der Waals surface area contributed by atoms with Crippen LogP contribution in [0.1, 0.15) is 53.9 Å². The van der Waals surface area contributed by atoms with Crippen LogP contribution in [-0.4, -0.2) is 38.2 Å². The standard InChI is InChI=1S/C21H32O6/c1-7-26-17(23)20(11-9-10-16(22)25-6)12-14-21(15-13-20,19(3,4)5)18(24)27-8-2/h12-15H,7-11H2,1-6H3. The molecule has 1 aliphatic rings. The minimum atomic E-state index is -1.01. The van der Waals surface area contributed by atoms with Gasteiger partial charge in [-0.15, -0.1) is 0 Å². The molecule has 0 aromatic rings. The van der Waals surface area contributed by atoms with Gasteiger partial charge in [0.15, 0.2) is 0 Å². The fourth-order valence-electron chi connectivity index (χ4n) is 3.16. The number of hydrogen-bond donors (Lipinski definition) is 0. The molecule has 0 amide bonds.